The minimum Gasteiger partial charge on any atom is -0.352 e. The molecule has 1 atom stereocenters. The van der Waals surface area contributed by atoms with Gasteiger partial charge in [-0.3, -0.25) is 9.20 Å². The number of hydrogen-bond acceptors (Lipinski definition) is 4. The van der Waals surface area contributed by atoms with Crippen molar-refractivity contribution in [2.75, 3.05) is 13.1 Å². The predicted molar refractivity (Wildman–Crippen MR) is 110 cm³/mol. The SMILES string of the molecule is CC(C)C(NC(=O)NCCCNC(=O)c1ccc(F)cc1)c1nnc2ccccn12. The fourth-order valence-electron chi connectivity index (χ4n) is 2.99. The Morgan fingerprint density at radius 3 is 2.50 bits per heavy atom. The molecule has 0 saturated carbocycles. The van der Waals surface area contributed by atoms with Gasteiger partial charge in [0.15, 0.2) is 11.5 Å². The fraction of sp³-hybridized carbons (Fsp3) is 0.333. The normalized spacial score (nSPS) is 12.0. The smallest absolute Gasteiger partial charge is 0.315 e. The molecule has 8 nitrogen and oxygen atoms in total. The summed E-state index contributed by atoms with van der Waals surface area (Å²) in [6.07, 6.45) is 2.42. The van der Waals surface area contributed by atoms with E-state index in [2.05, 4.69) is 26.1 Å². The van der Waals surface area contributed by atoms with E-state index in [9.17, 15) is 14.0 Å². The summed E-state index contributed by atoms with van der Waals surface area (Å²) in [5, 5.41) is 16.9. The van der Waals surface area contributed by atoms with Crippen LogP contribution in [0.15, 0.2) is 48.7 Å². The van der Waals surface area contributed by atoms with Crippen LogP contribution in [-0.2, 0) is 0 Å². The van der Waals surface area contributed by atoms with Gasteiger partial charge in [0.2, 0.25) is 0 Å². The summed E-state index contributed by atoms with van der Waals surface area (Å²) in [7, 11) is 0. The summed E-state index contributed by atoms with van der Waals surface area (Å²) in [4.78, 5) is 24.3. The average Bonchev–Trinajstić information content (AvgIpc) is 3.15. The number of urea groups is 1. The van der Waals surface area contributed by atoms with Gasteiger partial charge in [-0.15, -0.1) is 10.2 Å². The lowest BCUT2D eigenvalue weighted by Crippen LogP contribution is -2.41. The van der Waals surface area contributed by atoms with Gasteiger partial charge in [0.05, 0.1) is 6.04 Å². The molecule has 3 rings (SSSR count). The van der Waals surface area contributed by atoms with Crippen LogP contribution < -0.4 is 16.0 Å². The van der Waals surface area contributed by atoms with Crippen molar-refractivity contribution in [2.45, 2.75) is 26.3 Å². The Balaban J connectivity index is 1.45. The molecule has 30 heavy (non-hydrogen) atoms. The predicted octanol–water partition coefficient (Wildman–Crippen LogP) is 2.68. The third-order valence-corrected chi connectivity index (χ3v) is 4.60. The first-order valence-corrected chi connectivity index (χ1v) is 9.83. The number of rotatable bonds is 8. The van der Waals surface area contributed by atoms with Crippen LogP contribution in [0.1, 0.15) is 42.5 Å². The molecule has 0 aliphatic heterocycles. The van der Waals surface area contributed by atoms with Crippen LogP contribution in [0.3, 0.4) is 0 Å². The van der Waals surface area contributed by atoms with Crippen molar-refractivity contribution in [2.24, 2.45) is 5.92 Å². The van der Waals surface area contributed by atoms with Crippen molar-refractivity contribution in [3.05, 3.63) is 65.9 Å². The van der Waals surface area contributed by atoms with Crippen molar-refractivity contribution in [3.8, 4) is 0 Å². The molecule has 0 saturated heterocycles. The first-order chi connectivity index (χ1) is 14.5. The van der Waals surface area contributed by atoms with Gasteiger partial charge in [-0.05, 0) is 48.7 Å². The van der Waals surface area contributed by atoms with E-state index in [1.165, 1.54) is 24.3 Å². The number of amides is 3. The minimum absolute atomic E-state index is 0.110. The summed E-state index contributed by atoms with van der Waals surface area (Å²) in [5.41, 5.74) is 1.11. The summed E-state index contributed by atoms with van der Waals surface area (Å²) >= 11 is 0. The number of hydrogen-bond donors (Lipinski definition) is 3. The van der Waals surface area contributed by atoms with Crippen LogP contribution in [0.25, 0.3) is 5.65 Å². The summed E-state index contributed by atoms with van der Waals surface area (Å²) in [6, 6.07) is 10.3. The summed E-state index contributed by atoms with van der Waals surface area (Å²) < 4.78 is 14.8. The molecule has 1 unspecified atom stereocenters. The van der Waals surface area contributed by atoms with Crippen LogP contribution in [0.4, 0.5) is 9.18 Å². The number of benzene rings is 1. The van der Waals surface area contributed by atoms with Crippen molar-refractivity contribution in [3.63, 3.8) is 0 Å². The largest absolute Gasteiger partial charge is 0.352 e. The van der Waals surface area contributed by atoms with Gasteiger partial charge in [-0.2, -0.15) is 0 Å². The number of carbonyl (C=O) groups is 2. The summed E-state index contributed by atoms with van der Waals surface area (Å²) in [5.74, 6) is 0.110. The molecule has 0 aliphatic rings. The lowest BCUT2D eigenvalue weighted by Gasteiger charge is -2.21. The monoisotopic (exact) mass is 412 g/mol. The van der Waals surface area contributed by atoms with Gasteiger partial charge >= 0.3 is 6.03 Å². The van der Waals surface area contributed by atoms with E-state index < -0.39 is 0 Å². The lowest BCUT2D eigenvalue weighted by atomic mass is 10.0. The molecule has 3 amide bonds. The number of nitrogens with zero attached hydrogens (tertiary/aromatic N) is 3. The van der Waals surface area contributed by atoms with Crippen LogP contribution >= 0.6 is 0 Å². The summed E-state index contributed by atoms with van der Waals surface area (Å²) in [6.45, 7) is 4.78. The van der Waals surface area contributed by atoms with Crippen molar-refractivity contribution < 1.29 is 14.0 Å². The van der Waals surface area contributed by atoms with Crippen LogP contribution in [0.2, 0.25) is 0 Å². The third-order valence-electron chi connectivity index (χ3n) is 4.60. The highest BCUT2D eigenvalue weighted by atomic mass is 19.1. The zero-order chi connectivity index (χ0) is 21.5. The fourth-order valence-corrected chi connectivity index (χ4v) is 2.99. The van der Waals surface area contributed by atoms with Gasteiger partial charge < -0.3 is 16.0 Å². The van der Waals surface area contributed by atoms with E-state index in [1.54, 1.807) is 0 Å². The van der Waals surface area contributed by atoms with Crippen LogP contribution in [0, 0.1) is 11.7 Å². The Bertz CT molecular complexity index is 1000. The van der Waals surface area contributed by atoms with Crippen LogP contribution in [-0.4, -0.2) is 39.6 Å². The second kappa shape index (κ2) is 9.82. The van der Waals surface area contributed by atoms with Crippen LogP contribution in [0.5, 0.6) is 0 Å². The number of fused-ring (bicyclic) bond motifs is 1. The number of carbonyl (C=O) groups excluding carboxylic acids is 2. The number of pyridine rings is 1. The van der Waals surface area contributed by atoms with E-state index in [4.69, 9.17) is 0 Å². The Morgan fingerprint density at radius 1 is 1.03 bits per heavy atom. The molecule has 3 N–H and O–H groups in total. The Hall–Kier alpha value is -3.49. The van der Waals surface area contributed by atoms with E-state index in [-0.39, 0.29) is 29.7 Å². The van der Waals surface area contributed by atoms with E-state index >= 15 is 0 Å². The lowest BCUT2D eigenvalue weighted by molar-refractivity contribution is 0.0953. The van der Waals surface area contributed by atoms with Crippen molar-refractivity contribution in [1.29, 1.82) is 0 Å². The van der Waals surface area contributed by atoms with Gasteiger partial charge in [0.25, 0.3) is 5.91 Å². The van der Waals surface area contributed by atoms with Gasteiger partial charge in [0.1, 0.15) is 5.82 Å². The quantitative estimate of drug-likeness (QED) is 0.495. The molecule has 0 radical (unpaired) electrons. The maximum absolute atomic E-state index is 12.9. The molecule has 3 aromatic rings. The molecule has 2 heterocycles. The number of aromatic nitrogens is 3. The van der Waals surface area contributed by atoms with E-state index in [0.29, 0.717) is 30.9 Å². The molecule has 0 spiro atoms. The van der Waals surface area contributed by atoms with Gasteiger partial charge in [0, 0.05) is 24.8 Å². The van der Waals surface area contributed by atoms with E-state index in [0.717, 1.165) is 5.65 Å². The van der Waals surface area contributed by atoms with Crippen molar-refractivity contribution in [1.82, 2.24) is 30.5 Å². The van der Waals surface area contributed by atoms with Gasteiger partial charge in [-0.25, -0.2) is 9.18 Å². The Labute approximate surface area is 173 Å². The molecule has 1 aromatic carbocycles. The topological polar surface area (TPSA) is 100 Å². The molecule has 0 fully saturated rings. The van der Waals surface area contributed by atoms with E-state index in [1.807, 2.05) is 42.6 Å². The maximum Gasteiger partial charge on any atom is 0.315 e. The maximum atomic E-state index is 12.9. The second-order valence-electron chi connectivity index (χ2n) is 7.23. The minimum atomic E-state index is -0.388. The number of halogens is 1. The Morgan fingerprint density at radius 2 is 1.77 bits per heavy atom. The molecule has 158 valence electrons. The third kappa shape index (κ3) is 5.31. The Kier molecular flexibility index (Phi) is 6.95. The highest BCUT2D eigenvalue weighted by Crippen LogP contribution is 2.20. The molecule has 9 heteroatoms. The standard InChI is InChI=1S/C21H25FN6O2/c1-14(2)18(19-27-26-17-6-3-4-13-28(17)19)25-21(30)24-12-5-11-23-20(29)15-7-9-16(22)10-8-15/h3-4,6-10,13-14,18H,5,11-12H2,1-2H3,(H,23,29)(H2,24,25,30). The molecular weight excluding hydrogens is 387 g/mol. The first kappa shape index (κ1) is 21.2. The number of nitrogens with one attached hydrogen (secondary N) is 3. The molecule has 0 bridgehead atoms. The molecule has 0 aliphatic carbocycles. The molecule has 2 aromatic heterocycles. The average molecular weight is 412 g/mol. The zero-order valence-corrected chi connectivity index (χ0v) is 16.9. The van der Waals surface area contributed by atoms with Crippen molar-refractivity contribution >= 4 is 17.6 Å². The van der Waals surface area contributed by atoms with Gasteiger partial charge in [-0.1, -0.05) is 19.9 Å². The first-order valence-electron chi connectivity index (χ1n) is 9.83. The zero-order valence-electron chi connectivity index (χ0n) is 16.9. The highest BCUT2D eigenvalue weighted by molar-refractivity contribution is 5.94. The highest BCUT2D eigenvalue weighted by Gasteiger charge is 2.23. The molecular formula is C21H25FN6O2. The second-order valence-corrected chi connectivity index (χ2v) is 7.23.